The van der Waals surface area contributed by atoms with Gasteiger partial charge in [-0.15, -0.1) is 0 Å². The number of alkyl halides is 3. The summed E-state index contributed by atoms with van der Waals surface area (Å²) in [6.45, 7) is 3.91. The average molecular weight is 518 g/mol. The number of ether oxygens (including phenoxy) is 1. The Morgan fingerprint density at radius 1 is 1.24 bits per heavy atom. The van der Waals surface area contributed by atoms with Crippen LogP contribution in [0.15, 0.2) is 36.9 Å². The lowest BCUT2D eigenvalue weighted by molar-refractivity contribution is -0.141. The maximum atomic E-state index is 12.6. The van der Waals surface area contributed by atoms with Crippen LogP contribution in [0.1, 0.15) is 32.3 Å². The number of H-pyrrole nitrogens is 1. The Bertz CT molecular complexity index is 1260. The van der Waals surface area contributed by atoms with Crippen LogP contribution in [0.2, 0.25) is 0 Å². The molecule has 2 N–H and O–H groups in total. The van der Waals surface area contributed by atoms with E-state index in [0.717, 1.165) is 35.0 Å². The molecule has 0 bridgehead atoms. The van der Waals surface area contributed by atoms with Crippen molar-refractivity contribution in [2.75, 3.05) is 26.2 Å². The van der Waals surface area contributed by atoms with E-state index in [1.807, 2.05) is 31.3 Å². The fourth-order valence-corrected chi connectivity index (χ4v) is 4.47. The van der Waals surface area contributed by atoms with E-state index in [9.17, 15) is 22.8 Å². The van der Waals surface area contributed by atoms with Crippen molar-refractivity contribution in [1.82, 2.24) is 25.2 Å². The van der Waals surface area contributed by atoms with Crippen LogP contribution in [0, 0.1) is 11.8 Å². The summed E-state index contributed by atoms with van der Waals surface area (Å²) in [5.74, 6) is -0.706. The van der Waals surface area contributed by atoms with E-state index in [4.69, 9.17) is 4.74 Å². The van der Waals surface area contributed by atoms with Crippen molar-refractivity contribution in [3.8, 4) is 16.9 Å². The van der Waals surface area contributed by atoms with Crippen LogP contribution >= 0.6 is 0 Å². The quantitative estimate of drug-likeness (QED) is 0.422. The summed E-state index contributed by atoms with van der Waals surface area (Å²) in [7, 11) is 0. The zero-order valence-corrected chi connectivity index (χ0v) is 20.8. The number of carbonyl (C=O) groups excluding carboxylic acids is 2. The Kier molecular flexibility index (Phi) is 7.99. The molecule has 1 atom stereocenters. The van der Waals surface area contributed by atoms with Crippen molar-refractivity contribution >= 4 is 22.8 Å². The zero-order valence-electron chi connectivity index (χ0n) is 20.8. The van der Waals surface area contributed by atoms with Gasteiger partial charge in [-0.2, -0.15) is 13.2 Å². The highest BCUT2D eigenvalue weighted by molar-refractivity contribution is 5.94. The molecular formula is C26H30F3N5O3. The fourth-order valence-electron chi connectivity index (χ4n) is 4.47. The largest absolute Gasteiger partial charge is 0.490 e. The van der Waals surface area contributed by atoms with Gasteiger partial charge in [-0.3, -0.25) is 14.6 Å². The Morgan fingerprint density at radius 3 is 2.76 bits per heavy atom. The van der Waals surface area contributed by atoms with Crippen LogP contribution in [0.5, 0.6) is 5.75 Å². The standard InChI is InChI=1S/C26H30F3N5O3/c1-16(2)20(25(36)33-15-26(27,28)29)9-17-8-18(12-30-11-17)22-14-32-24-21(22)10-19(13-31-24)37-7-6-34-5-3-4-23(34)35/h8,10-14,16,20H,3-7,9,15H2,1-2H3,(H,31,32)(H,33,36). The van der Waals surface area contributed by atoms with Crippen molar-refractivity contribution in [2.24, 2.45) is 11.8 Å². The Hall–Kier alpha value is -3.63. The van der Waals surface area contributed by atoms with Crippen LogP contribution < -0.4 is 10.1 Å². The van der Waals surface area contributed by atoms with Crippen LogP contribution in [0.3, 0.4) is 0 Å². The van der Waals surface area contributed by atoms with E-state index in [-0.39, 0.29) is 18.2 Å². The van der Waals surface area contributed by atoms with E-state index >= 15 is 0 Å². The van der Waals surface area contributed by atoms with Gasteiger partial charge in [-0.05, 0) is 36.5 Å². The first-order valence-corrected chi connectivity index (χ1v) is 12.3. The van der Waals surface area contributed by atoms with Crippen molar-refractivity contribution in [3.05, 3.63) is 42.5 Å². The molecule has 8 nitrogen and oxygen atoms in total. The maximum Gasteiger partial charge on any atom is 0.405 e. The zero-order chi connectivity index (χ0) is 26.6. The number of aromatic nitrogens is 3. The molecule has 3 aromatic rings. The number of hydrogen-bond donors (Lipinski definition) is 2. The maximum absolute atomic E-state index is 12.6. The van der Waals surface area contributed by atoms with Gasteiger partial charge in [0.15, 0.2) is 0 Å². The SMILES string of the molecule is CC(C)C(Cc1cncc(-c2c[nH]c3ncc(OCCN4CCCC4=O)cc23)c1)C(=O)NCC(F)(F)F. The van der Waals surface area contributed by atoms with Crippen molar-refractivity contribution in [3.63, 3.8) is 0 Å². The third-order valence-electron chi connectivity index (χ3n) is 6.47. The number of hydrogen-bond acceptors (Lipinski definition) is 5. The second-order valence-corrected chi connectivity index (χ2v) is 9.57. The molecular weight excluding hydrogens is 487 g/mol. The van der Waals surface area contributed by atoms with E-state index in [2.05, 4.69) is 15.0 Å². The summed E-state index contributed by atoms with van der Waals surface area (Å²) >= 11 is 0. The number of likely N-dealkylation sites (tertiary alicyclic amines) is 1. The van der Waals surface area contributed by atoms with Gasteiger partial charge < -0.3 is 19.9 Å². The number of nitrogens with one attached hydrogen (secondary N) is 2. The van der Waals surface area contributed by atoms with Gasteiger partial charge in [0.2, 0.25) is 11.8 Å². The number of halogens is 3. The number of nitrogens with zero attached hydrogens (tertiary/aromatic N) is 3. The fraction of sp³-hybridized carbons (Fsp3) is 0.462. The van der Waals surface area contributed by atoms with Crippen LogP contribution in [-0.4, -0.2) is 64.1 Å². The molecule has 1 fully saturated rings. The summed E-state index contributed by atoms with van der Waals surface area (Å²) < 4.78 is 43.6. The number of carbonyl (C=O) groups is 2. The molecule has 37 heavy (non-hydrogen) atoms. The highest BCUT2D eigenvalue weighted by atomic mass is 19.4. The van der Waals surface area contributed by atoms with Gasteiger partial charge >= 0.3 is 6.18 Å². The lowest BCUT2D eigenvalue weighted by Gasteiger charge is -2.21. The van der Waals surface area contributed by atoms with Gasteiger partial charge in [0.25, 0.3) is 0 Å². The van der Waals surface area contributed by atoms with Crippen molar-refractivity contribution in [1.29, 1.82) is 0 Å². The highest BCUT2D eigenvalue weighted by Crippen LogP contribution is 2.31. The molecule has 1 saturated heterocycles. The van der Waals surface area contributed by atoms with Gasteiger partial charge in [0.1, 0.15) is 24.5 Å². The molecule has 11 heteroatoms. The summed E-state index contributed by atoms with van der Waals surface area (Å²) in [5, 5.41) is 2.82. The van der Waals surface area contributed by atoms with E-state index < -0.39 is 24.5 Å². The second-order valence-electron chi connectivity index (χ2n) is 9.57. The minimum absolute atomic E-state index is 0.148. The molecule has 0 aliphatic carbocycles. The van der Waals surface area contributed by atoms with Crippen LogP contribution in [0.4, 0.5) is 13.2 Å². The number of aromatic amines is 1. The van der Waals surface area contributed by atoms with Gasteiger partial charge in [-0.1, -0.05) is 13.8 Å². The van der Waals surface area contributed by atoms with E-state index in [1.54, 1.807) is 29.7 Å². The number of fused-ring (bicyclic) bond motifs is 1. The monoisotopic (exact) mass is 517 g/mol. The Labute approximate surface area is 212 Å². The predicted octanol–water partition coefficient (Wildman–Crippen LogP) is 4.12. The second kappa shape index (κ2) is 11.2. The molecule has 1 unspecified atom stereocenters. The molecule has 0 saturated carbocycles. The van der Waals surface area contributed by atoms with Crippen LogP contribution in [0.25, 0.3) is 22.2 Å². The highest BCUT2D eigenvalue weighted by Gasteiger charge is 2.30. The lowest BCUT2D eigenvalue weighted by Crippen LogP contribution is -2.40. The predicted molar refractivity (Wildman–Crippen MR) is 132 cm³/mol. The summed E-state index contributed by atoms with van der Waals surface area (Å²) in [5.41, 5.74) is 3.01. The molecule has 2 amide bonds. The molecule has 3 aromatic heterocycles. The first-order valence-electron chi connectivity index (χ1n) is 12.3. The minimum atomic E-state index is -4.46. The van der Waals surface area contributed by atoms with E-state index in [0.29, 0.717) is 31.0 Å². The number of rotatable bonds is 10. The molecule has 1 aliphatic rings. The third-order valence-corrected chi connectivity index (χ3v) is 6.47. The molecule has 0 spiro atoms. The van der Waals surface area contributed by atoms with Crippen molar-refractivity contribution in [2.45, 2.75) is 39.3 Å². The number of pyridine rings is 2. The molecule has 4 heterocycles. The van der Waals surface area contributed by atoms with Gasteiger partial charge in [-0.25, -0.2) is 4.98 Å². The molecule has 0 radical (unpaired) electrons. The smallest absolute Gasteiger partial charge is 0.405 e. The molecule has 198 valence electrons. The van der Waals surface area contributed by atoms with Crippen molar-refractivity contribution < 1.29 is 27.5 Å². The van der Waals surface area contributed by atoms with Crippen LogP contribution in [-0.2, 0) is 16.0 Å². The van der Waals surface area contributed by atoms with Gasteiger partial charge in [0, 0.05) is 54.0 Å². The minimum Gasteiger partial charge on any atom is -0.490 e. The molecule has 0 aromatic carbocycles. The summed E-state index contributed by atoms with van der Waals surface area (Å²) in [6, 6.07) is 3.75. The topological polar surface area (TPSA) is 100 Å². The molecule has 1 aliphatic heterocycles. The Morgan fingerprint density at radius 2 is 2.05 bits per heavy atom. The Balaban J connectivity index is 1.48. The summed E-state index contributed by atoms with van der Waals surface area (Å²) in [6.07, 6.45) is 4.00. The first kappa shape index (κ1) is 26.4. The summed E-state index contributed by atoms with van der Waals surface area (Å²) in [4.78, 5) is 37.9. The first-order chi connectivity index (χ1) is 17.6. The van der Waals surface area contributed by atoms with Gasteiger partial charge in [0.05, 0.1) is 12.7 Å². The third kappa shape index (κ3) is 6.78. The molecule has 4 rings (SSSR count). The number of amides is 2. The normalized spacial score (nSPS) is 15.0. The van der Waals surface area contributed by atoms with E-state index in [1.165, 1.54) is 0 Å². The average Bonchev–Trinajstić information content (AvgIpc) is 3.46. The lowest BCUT2D eigenvalue weighted by atomic mass is 9.88.